The van der Waals surface area contributed by atoms with Gasteiger partial charge in [-0.3, -0.25) is 4.79 Å². The third-order valence-corrected chi connectivity index (χ3v) is 9.50. The lowest BCUT2D eigenvalue weighted by molar-refractivity contribution is -0.104. The number of aldehydes is 1. The fourth-order valence-electron chi connectivity index (χ4n) is 3.31. The van der Waals surface area contributed by atoms with E-state index in [1.165, 1.54) is 10.4 Å². The molecule has 0 bridgehead atoms. The van der Waals surface area contributed by atoms with E-state index in [0.29, 0.717) is 6.61 Å². The minimum Gasteiger partial charge on any atom is -0.407 e. The highest BCUT2D eigenvalue weighted by atomic mass is 28.4. The second-order valence-corrected chi connectivity index (χ2v) is 11.8. The molecular formula is C22H28O2Si. The molecule has 0 aliphatic rings. The van der Waals surface area contributed by atoms with Gasteiger partial charge in [0.2, 0.25) is 0 Å². The predicted octanol–water partition coefficient (Wildman–Crippen LogP) is 3.95. The molecule has 0 unspecified atom stereocenters. The fourth-order valence-corrected chi connectivity index (χ4v) is 7.98. The van der Waals surface area contributed by atoms with Crippen LogP contribution >= 0.6 is 0 Å². The topological polar surface area (TPSA) is 26.3 Å². The summed E-state index contributed by atoms with van der Waals surface area (Å²) in [4.78, 5) is 10.6. The van der Waals surface area contributed by atoms with E-state index in [2.05, 4.69) is 76.2 Å². The van der Waals surface area contributed by atoms with Crippen LogP contribution in [0.5, 0.6) is 0 Å². The number of hydrogen-bond donors (Lipinski definition) is 0. The highest BCUT2D eigenvalue weighted by molar-refractivity contribution is 6.99. The van der Waals surface area contributed by atoms with Gasteiger partial charge in [0.15, 0.2) is 0 Å². The number of allylic oxidation sites excluding steroid dienone is 1. The molecule has 0 saturated carbocycles. The van der Waals surface area contributed by atoms with Crippen molar-refractivity contribution in [2.24, 2.45) is 5.92 Å². The van der Waals surface area contributed by atoms with E-state index < -0.39 is 8.32 Å². The Kier molecular flexibility index (Phi) is 6.51. The molecule has 0 aliphatic carbocycles. The van der Waals surface area contributed by atoms with Crippen molar-refractivity contribution in [3.63, 3.8) is 0 Å². The van der Waals surface area contributed by atoms with E-state index in [4.69, 9.17) is 4.43 Å². The van der Waals surface area contributed by atoms with Crippen molar-refractivity contribution in [3.8, 4) is 0 Å². The van der Waals surface area contributed by atoms with E-state index in [1.807, 2.05) is 18.2 Å². The first-order valence-electron chi connectivity index (χ1n) is 8.79. The molecule has 25 heavy (non-hydrogen) atoms. The summed E-state index contributed by atoms with van der Waals surface area (Å²) in [5.74, 6) is 0.187. The molecule has 0 aromatic heterocycles. The van der Waals surface area contributed by atoms with Crippen molar-refractivity contribution in [2.75, 3.05) is 6.61 Å². The van der Waals surface area contributed by atoms with Crippen molar-refractivity contribution in [1.29, 1.82) is 0 Å². The smallest absolute Gasteiger partial charge is 0.261 e. The molecule has 0 fully saturated rings. The van der Waals surface area contributed by atoms with Gasteiger partial charge in [0.05, 0.1) is 0 Å². The Morgan fingerprint density at radius 2 is 1.44 bits per heavy atom. The lowest BCUT2D eigenvalue weighted by Gasteiger charge is -2.43. The Labute approximate surface area is 152 Å². The molecule has 1 atom stereocenters. The van der Waals surface area contributed by atoms with E-state index in [-0.39, 0.29) is 11.0 Å². The van der Waals surface area contributed by atoms with E-state index >= 15 is 0 Å². The first-order valence-corrected chi connectivity index (χ1v) is 10.7. The maximum atomic E-state index is 10.6. The molecule has 0 radical (unpaired) electrons. The molecule has 132 valence electrons. The van der Waals surface area contributed by atoms with Crippen LogP contribution in [-0.2, 0) is 9.22 Å². The SMILES string of the molecule is C[C@H](C=CC=O)CO[Si](c1ccccc1)(c1ccccc1)C(C)(C)C. The molecule has 0 amide bonds. The molecule has 0 N–H and O–H groups in total. The van der Waals surface area contributed by atoms with Crippen LogP contribution in [0.1, 0.15) is 27.7 Å². The third kappa shape index (κ3) is 4.36. The molecule has 2 rings (SSSR count). The Morgan fingerprint density at radius 3 is 1.84 bits per heavy atom. The lowest BCUT2D eigenvalue weighted by Crippen LogP contribution is -2.66. The van der Waals surface area contributed by atoms with Gasteiger partial charge < -0.3 is 4.43 Å². The van der Waals surface area contributed by atoms with Crippen molar-refractivity contribution in [1.82, 2.24) is 0 Å². The monoisotopic (exact) mass is 352 g/mol. The average Bonchev–Trinajstić information content (AvgIpc) is 2.61. The maximum absolute atomic E-state index is 10.6. The van der Waals surface area contributed by atoms with Crippen LogP contribution in [0, 0.1) is 5.92 Å². The summed E-state index contributed by atoms with van der Waals surface area (Å²) in [6.07, 6.45) is 4.28. The Balaban J connectivity index is 2.53. The summed E-state index contributed by atoms with van der Waals surface area (Å²) in [5.41, 5.74) is 0. The van der Waals surface area contributed by atoms with Gasteiger partial charge in [0.25, 0.3) is 8.32 Å². The van der Waals surface area contributed by atoms with Crippen LogP contribution in [0.3, 0.4) is 0 Å². The zero-order valence-electron chi connectivity index (χ0n) is 15.6. The normalized spacial score (nSPS) is 13.8. The van der Waals surface area contributed by atoms with Crippen LogP contribution in [0.2, 0.25) is 5.04 Å². The van der Waals surface area contributed by atoms with Gasteiger partial charge in [-0.05, 0) is 27.4 Å². The van der Waals surface area contributed by atoms with Gasteiger partial charge in [-0.2, -0.15) is 0 Å². The highest BCUT2D eigenvalue weighted by Gasteiger charge is 2.50. The van der Waals surface area contributed by atoms with Gasteiger partial charge in [0.1, 0.15) is 6.29 Å². The molecule has 0 saturated heterocycles. The molecule has 0 aliphatic heterocycles. The molecule has 0 spiro atoms. The van der Waals surface area contributed by atoms with E-state index in [0.717, 1.165) is 6.29 Å². The lowest BCUT2D eigenvalue weighted by atomic mass is 10.2. The number of benzene rings is 2. The van der Waals surface area contributed by atoms with Gasteiger partial charge in [-0.15, -0.1) is 0 Å². The Bertz CT molecular complexity index is 647. The molecule has 2 nitrogen and oxygen atoms in total. The summed E-state index contributed by atoms with van der Waals surface area (Å²) in [7, 11) is -2.47. The summed E-state index contributed by atoms with van der Waals surface area (Å²) in [5, 5.41) is 2.53. The number of carbonyl (C=O) groups excluding carboxylic acids is 1. The van der Waals surface area contributed by atoms with Crippen molar-refractivity contribution < 1.29 is 9.22 Å². The summed E-state index contributed by atoms with van der Waals surface area (Å²) < 4.78 is 6.80. The van der Waals surface area contributed by atoms with Gasteiger partial charge in [-0.25, -0.2) is 0 Å². The fraction of sp³-hybridized carbons (Fsp3) is 0.318. The molecule has 3 heteroatoms. The minimum absolute atomic E-state index is 0.0240. The average molecular weight is 353 g/mol. The number of hydrogen-bond acceptors (Lipinski definition) is 2. The summed E-state index contributed by atoms with van der Waals surface area (Å²) in [6.45, 7) is 9.48. The standard InChI is InChI=1S/C22H28O2Si/c1-19(12-11-17-23)18-24-25(22(2,3)4,20-13-7-5-8-14-20)21-15-9-6-10-16-21/h5-17,19H,18H2,1-4H3/t19-/m1/s1. The van der Waals surface area contributed by atoms with E-state index in [9.17, 15) is 4.79 Å². The first kappa shape index (κ1) is 19.4. The van der Waals surface area contributed by atoms with Gasteiger partial charge in [0, 0.05) is 6.61 Å². The molecular weight excluding hydrogens is 324 g/mol. The van der Waals surface area contributed by atoms with Crippen LogP contribution in [-0.4, -0.2) is 21.2 Å². The van der Waals surface area contributed by atoms with E-state index in [1.54, 1.807) is 6.08 Å². The first-order chi connectivity index (χ1) is 11.9. The largest absolute Gasteiger partial charge is 0.407 e. The minimum atomic E-state index is -2.47. The zero-order valence-corrected chi connectivity index (χ0v) is 16.6. The molecule has 2 aromatic carbocycles. The Morgan fingerprint density at radius 1 is 0.960 bits per heavy atom. The second kappa shape index (κ2) is 8.41. The quantitative estimate of drug-likeness (QED) is 0.428. The van der Waals surface area contributed by atoms with Crippen LogP contribution in [0.4, 0.5) is 0 Å². The van der Waals surface area contributed by atoms with Gasteiger partial charge in [-0.1, -0.05) is 94.4 Å². The molecule has 2 aromatic rings. The highest BCUT2D eigenvalue weighted by Crippen LogP contribution is 2.37. The van der Waals surface area contributed by atoms with Crippen molar-refractivity contribution in [2.45, 2.75) is 32.7 Å². The van der Waals surface area contributed by atoms with Crippen LogP contribution < -0.4 is 10.4 Å². The van der Waals surface area contributed by atoms with Gasteiger partial charge >= 0.3 is 0 Å². The zero-order chi connectivity index (χ0) is 18.3. The molecule has 0 heterocycles. The van der Waals surface area contributed by atoms with Crippen molar-refractivity contribution >= 4 is 25.0 Å². The number of rotatable bonds is 7. The second-order valence-electron chi connectivity index (χ2n) is 7.47. The van der Waals surface area contributed by atoms with Crippen LogP contribution in [0.15, 0.2) is 72.8 Å². The maximum Gasteiger partial charge on any atom is 0.261 e. The summed E-state index contributed by atoms with van der Waals surface area (Å²) >= 11 is 0. The Hall–Kier alpha value is -1.97. The third-order valence-electron chi connectivity index (χ3n) is 4.50. The van der Waals surface area contributed by atoms with Crippen LogP contribution in [0.25, 0.3) is 0 Å². The predicted molar refractivity (Wildman–Crippen MR) is 108 cm³/mol. The van der Waals surface area contributed by atoms with Crippen molar-refractivity contribution in [3.05, 3.63) is 72.8 Å². The summed E-state index contributed by atoms with van der Waals surface area (Å²) in [6, 6.07) is 21.2. The number of carbonyl (C=O) groups is 1.